The van der Waals surface area contributed by atoms with Crippen molar-refractivity contribution < 1.29 is 4.74 Å². The standard InChI is InChI=1S/C24H26N4OS/c1-3-6-23-26-27-24(30)28(23)25-15-21-20-8-5-4-7-19(20)13-14-22(21)29-16-18-11-9-17(2)10-12-18/h4-5,7-14,25H,3,6,15-16H2,1-2H3,(H,27,30). The van der Waals surface area contributed by atoms with Crippen LogP contribution in [-0.2, 0) is 19.6 Å². The van der Waals surface area contributed by atoms with Crippen molar-refractivity contribution in [3.05, 3.63) is 87.9 Å². The molecular formula is C24H26N4OS. The van der Waals surface area contributed by atoms with Crippen molar-refractivity contribution in [3.63, 3.8) is 0 Å². The maximum Gasteiger partial charge on any atom is 0.214 e. The van der Waals surface area contributed by atoms with E-state index in [2.05, 4.69) is 90.1 Å². The van der Waals surface area contributed by atoms with Gasteiger partial charge in [0.1, 0.15) is 12.4 Å². The summed E-state index contributed by atoms with van der Waals surface area (Å²) in [5.41, 5.74) is 6.93. The minimum absolute atomic E-state index is 0.526. The normalized spacial score (nSPS) is 11.0. The zero-order valence-electron chi connectivity index (χ0n) is 17.3. The number of benzene rings is 3. The Morgan fingerprint density at radius 1 is 1.07 bits per heavy atom. The summed E-state index contributed by atoms with van der Waals surface area (Å²) >= 11 is 5.41. The number of ether oxygens (including phenoxy) is 1. The summed E-state index contributed by atoms with van der Waals surface area (Å²) in [7, 11) is 0. The Morgan fingerprint density at radius 2 is 1.87 bits per heavy atom. The smallest absolute Gasteiger partial charge is 0.214 e. The molecule has 1 aromatic heterocycles. The highest BCUT2D eigenvalue weighted by Crippen LogP contribution is 2.29. The second kappa shape index (κ2) is 9.13. The first-order valence-electron chi connectivity index (χ1n) is 10.2. The fourth-order valence-corrected chi connectivity index (χ4v) is 3.74. The van der Waals surface area contributed by atoms with Gasteiger partial charge >= 0.3 is 0 Å². The van der Waals surface area contributed by atoms with E-state index in [0.717, 1.165) is 35.5 Å². The molecule has 0 bridgehead atoms. The van der Waals surface area contributed by atoms with Gasteiger partial charge in [-0.2, -0.15) is 5.10 Å². The van der Waals surface area contributed by atoms with Gasteiger partial charge in [0.15, 0.2) is 5.82 Å². The van der Waals surface area contributed by atoms with Crippen LogP contribution in [0.3, 0.4) is 0 Å². The van der Waals surface area contributed by atoms with Crippen LogP contribution >= 0.6 is 12.2 Å². The van der Waals surface area contributed by atoms with Crippen LogP contribution in [0.4, 0.5) is 0 Å². The first-order chi connectivity index (χ1) is 14.7. The molecule has 0 spiro atoms. The largest absolute Gasteiger partial charge is 0.489 e. The fourth-order valence-electron chi connectivity index (χ4n) is 3.52. The lowest BCUT2D eigenvalue weighted by atomic mass is 10.0. The summed E-state index contributed by atoms with van der Waals surface area (Å²) in [5.74, 6) is 1.78. The van der Waals surface area contributed by atoms with Crippen molar-refractivity contribution in [1.29, 1.82) is 0 Å². The summed E-state index contributed by atoms with van der Waals surface area (Å²) in [6.07, 6.45) is 1.85. The number of nitrogens with zero attached hydrogens (tertiary/aromatic N) is 2. The van der Waals surface area contributed by atoms with Crippen LogP contribution in [0.5, 0.6) is 5.75 Å². The Labute approximate surface area is 181 Å². The summed E-state index contributed by atoms with van der Waals surface area (Å²) in [6.45, 7) is 5.32. The lowest BCUT2D eigenvalue weighted by Gasteiger charge is -2.17. The molecule has 0 saturated heterocycles. The second-order valence-electron chi connectivity index (χ2n) is 7.40. The van der Waals surface area contributed by atoms with E-state index in [0.29, 0.717) is 17.9 Å². The Bertz CT molecular complexity index is 1190. The number of aromatic amines is 1. The number of H-pyrrole nitrogens is 1. The SMILES string of the molecule is CCCc1n[nH]c(=S)n1NCc1c(OCc2ccc(C)cc2)ccc2ccccc12. The fraction of sp³-hybridized carbons (Fsp3) is 0.250. The molecule has 4 aromatic rings. The topological polar surface area (TPSA) is 54.9 Å². The Balaban J connectivity index is 1.63. The number of rotatable bonds is 8. The third kappa shape index (κ3) is 4.39. The summed E-state index contributed by atoms with van der Waals surface area (Å²) in [6, 6.07) is 21.0. The molecule has 0 radical (unpaired) electrons. The molecule has 0 fully saturated rings. The third-order valence-corrected chi connectivity index (χ3v) is 5.42. The molecule has 2 N–H and O–H groups in total. The summed E-state index contributed by atoms with van der Waals surface area (Å²) in [5, 5.41) is 9.57. The Kier molecular flexibility index (Phi) is 6.14. The molecule has 3 aromatic carbocycles. The van der Waals surface area contributed by atoms with Gasteiger partial charge in [-0.25, -0.2) is 4.68 Å². The molecule has 0 unspecified atom stereocenters. The zero-order valence-corrected chi connectivity index (χ0v) is 18.1. The van der Waals surface area contributed by atoms with E-state index in [1.54, 1.807) is 0 Å². The Hall–Kier alpha value is -3.12. The predicted molar refractivity (Wildman–Crippen MR) is 124 cm³/mol. The highest BCUT2D eigenvalue weighted by Gasteiger charge is 2.11. The first-order valence-corrected chi connectivity index (χ1v) is 10.7. The summed E-state index contributed by atoms with van der Waals surface area (Å²) in [4.78, 5) is 0. The number of nitrogens with one attached hydrogen (secondary N) is 2. The molecule has 154 valence electrons. The van der Waals surface area contributed by atoms with Crippen LogP contribution < -0.4 is 10.2 Å². The molecule has 0 aliphatic heterocycles. The maximum atomic E-state index is 6.25. The highest BCUT2D eigenvalue weighted by atomic mass is 32.1. The number of aromatic nitrogens is 3. The Morgan fingerprint density at radius 3 is 2.67 bits per heavy atom. The van der Waals surface area contributed by atoms with Crippen LogP contribution in [-0.4, -0.2) is 14.9 Å². The molecule has 0 saturated carbocycles. The van der Waals surface area contributed by atoms with Gasteiger partial charge in [-0.3, -0.25) is 5.10 Å². The molecule has 0 amide bonds. The lowest BCUT2D eigenvalue weighted by Crippen LogP contribution is -2.18. The number of hydrogen-bond donors (Lipinski definition) is 2. The highest BCUT2D eigenvalue weighted by molar-refractivity contribution is 7.71. The minimum Gasteiger partial charge on any atom is -0.489 e. The van der Waals surface area contributed by atoms with Gasteiger partial charge in [0.05, 0.1) is 6.54 Å². The van der Waals surface area contributed by atoms with Crippen LogP contribution in [0, 0.1) is 11.7 Å². The van der Waals surface area contributed by atoms with E-state index >= 15 is 0 Å². The van der Waals surface area contributed by atoms with Gasteiger partial charge in [0, 0.05) is 12.0 Å². The molecule has 0 atom stereocenters. The monoisotopic (exact) mass is 418 g/mol. The number of aryl methyl sites for hydroxylation is 2. The van der Waals surface area contributed by atoms with E-state index in [1.165, 1.54) is 16.3 Å². The average molecular weight is 419 g/mol. The van der Waals surface area contributed by atoms with E-state index in [-0.39, 0.29) is 0 Å². The van der Waals surface area contributed by atoms with E-state index in [4.69, 9.17) is 17.0 Å². The molecule has 0 aliphatic rings. The van der Waals surface area contributed by atoms with E-state index in [9.17, 15) is 0 Å². The quantitative estimate of drug-likeness (QED) is 0.362. The lowest BCUT2D eigenvalue weighted by molar-refractivity contribution is 0.303. The minimum atomic E-state index is 0.526. The van der Waals surface area contributed by atoms with Crippen LogP contribution in [0.25, 0.3) is 10.8 Å². The third-order valence-electron chi connectivity index (χ3n) is 5.14. The predicted octanol–water partition coefficient (Wildman–Crippen LogP) is 5.68. The number of fused-ring (bicyclic) bond motifs is 1. The van der Waals surface area contributed by atoms with Gasteiger partial charge in [-0.05, 0) is 48.0 Å². The van der Waals surface area contributed by atoms with Crippen molar-refractivity contribution in [2.45, 2.75) is 39.8 Å². The van der Waals surface area contributed by atoms with Crippen molar-refractivity contribution in [3.8, 4) is 5.75 Å². The van der Waals surface area contributed by atoms with Crippen LogP contribution in [0.15, 0.2) is 60.7 Å². The zero-order chi connectivity index (χ0) is 20.9. The molecule has 5 nitrogen and oxygen atoms in total. The van der Waals surface area contributed by atoms with Crippen molar-refractivity contribution >= 4 is 23.0 Å². The second-order valence-corrected chi connectivity index (χ2v) is 7.79. The first kappa shape index (κ1) is 20.2. The van der Waals surface area contributed by atoms with Gasteiger partial charge < -0.3 is 10.2 Å². The van der Waals surface area contributed by atoms with Crippen LogP contribution in [0.2, 0.25) is 0 Å². The molecular weight excluding hydrogens is 392 g/mol. The van der Waals surface area contributed by atoms with Crippen LogP contribution in [0.1, 0.15) is 35.9 Å². The molecule has 30 heavy (non-hydrogen) atoms. The molecule has 1 heterocycles. The van der Waals surface area contributed by atoms with Gasteiger partial charge in [0.2, 0.25) is 4.77 Å². The van der Waals surface area contributed by atoms with Gasteiger partial charge in [-0.15, -0.1) is 0 Å². The van der Waals surface area contributed by atoms with Gasteiger partial charge in [0.25, 0.3) is 0 Å². The van der Waals surface area contributed by atoms with E-state index in [1.807, 2.05) is 4.68 Å². The van der Waals surface area contributed by atoms with Gasteiger partial charge in [-0.1, -0.05) is 67.1 Å². The van der Waals surface area contributed by atoms with Crippen molar-refractivity contribution in [2.24, 2.45) is 0 Å². The summed E-state index contributed by atoms with van der Waals surface area (Å²) < 4.78 is 8.69. The molecule has 4 rings (SSSR count). The van der Waals surface area contributed by atoms with E-state index < -0.39 is 0 Å². The van der Waals surface area contributed by atoms with Crippen molar-refractivity contribution in [1.82, 2.24) is 14.9 Å². The number of hydrogen-bond acceptors (Lipinski definition) is 4. The van der Waals surface area contributed by atoms with Crippen molar-refractivity contribution in [2.75, 3.05) is 5.43 Å². The molecule has 0 aliphatic carbocycles. The average Bonchev–Trinajstić information content (AvgIpc) is 3.11. The maximum absolute atomic E-state index is 6.25. The molecule has 6 heteroatoms.